The standard InChI is InChI=1S/C34H39N7O4/c1-5-29-39-40-33(45-29)34(16-19(2)38-18-30(42)41-25(17-35)14-24-15-28(24)41)26-10-8-22(31(43)36-3)12-20(26)6-7-21-13-23(32(44)37-4)9-11-27(21)34/h8-13,19,24-25,28,38H,5-7,14-16,18H2,1-4H3,(H,36,43)(H,37,44)/t19-,24-,25+,28+/m1/s1. The second-order valence-electron chi connectivity index (χ2n) is 12.4. The van der Waals surface area contributed by atoms with Crippen LogP contribution >= 0.6 is 0 Å². The largest absolute Gasteiger partial charge is 0.424 e. The third-order valence-corrected chi connectivity index (χ3v) is 9.66. The molecule has 3 amide bonds. The van der Waals surface area contributed by atoms with Crippen molar-refractivity contribution in [3.05, 3.63) is 81.6 Å². The number of fused-ring (bicyclic) bond motifs is 3. The first-order chi connectivity index (χ1) is 21.7. The maximum atomic E-state index is 13.3. The van der Waals surface area contributed by atoms with E-state index in [1.165, 1.54) is 0 Å². The molecule has 6 rings (SSSR count). The van der Waals surface area contributed by atoms with Crippen LogP contribution in [0.5, 0.6) is 0 Å². The first-order valence-electron chi connectivity index (χ1n) is 15.7. The summed E-state index contributed by atoms with van der Waals surface area (Å²) in [5.41, 5.74) is 3.99. The van der Waals surface area contributed by atoms with Crippen molar-refractivity contribution in [2.75, 3.05) is 20.6 Å². The maximum Gasteiger partial charge on any atom is 0.251 e. The molecule has 1 aliphatic heterocycles. The van der Waals surface area contributed by atoms with E-state index >= 15 is 0 Å². The number of carbonyl (C=O) groups is 3. The van der Waals surface area contributed by atoms with Crippen molar-refractivity contribution in [3.8, 4) is 6.07 Å². The van der Waals surface area contributed by atoms with Gasteiger partial charge in [0, 0.05) is 43.7 Å². The molecule has 11 heteroatoms. The Hall–Kier alpha value is -4.56. The van der Waals surface area contributed by atoms with Gasteiger partial charge in [-0.3, -0.25) is 14.4 Å². The lowest BCUT2D eigenvalue weighted by atomic mass is 9.68. The number of amides is 3. The predicted molar refractivity (Wildman–Crippen MR) is 165 cm³/mol. The van der Waals surface area contributed by atoms with Gasteiger partial charge in [-0.15, -0.1) is 10.2 Å². The topological polar surface area (TPSA) is 153 Å². The van der Waals surface area contributed by atoms with Crippen LogP contribution in [0.1, 0.15) is 87.9 Å². The van der Waals surface area contributed by atoms with Crippen LogP contribution in [0, 0.1) is 17.2 Å². The summed E-state index contributed by atoms with van der Waals surface area (Å²) >= 11 is 0. The van der Waals surface area contributed by atoms with Crippen molar-refractivity contribution >= 4 is 17.7 Å². The first-order valence-corrected chi connectivity index (χ1v) is 15.7. The second kappa shape index (κ2) is 12.1. The summed E-state index contributed by atoms with van der Waals surface area (Å²) in [6.07, 6.45) is 4.02. The van der Waals surface area contributed by atoms with E-state index < -0.39 is 5.41 Å². The van der Waals surface area contributed by atoms with Crippen molar-refractivity contribution < 1.29 is 18.8 Å². The van der Waals surface area contributed by atoms with Gasteiger partial charge in [0.2, 0.25) is 17.7 Å². The Balaban J connectivity index is 1.44. The number of nitrogens with one attached hydrogen (secondary N) is 3. The zero-order valence-electron chi connectivity index (χ0n) is 26.1. The highest BCUT2D eigenvalue weighted by Gasteiger charge is 2.54. The molecule has 0 bridgehead atoms. The Morgan fingerprint density at radius 1 is 1.02 bits per heavy atom. The van der Waals surface area contributed by atoms with Gasteiger partial charge in [0.05, 0.1) is 12.6 Å². The molecule has 4 atom stereocenters. The van der Waals surface area contributed by atoms with E-state index in [9.17, 15) is 19.6 Å². The minimum absolute atomic E-state index is 0.0642. The lowest BCUT2D eigenvalue weighted by molar-refractivity contribution is -0.131. The molecular formula is C34H39N7O4. The molecule has 0 spiro atoms. The summed E-state index contributed by atoms with van der Waals surface area (Å²) in [6, 6.07) is 13.3. The third kappa shape index (κ3) is 5.37. The number of carbonyl (C=O) groups excluding carboxylic acids is 3. The summed E-state index contributed by atoms with van der Waals surface area (Å²) in [5.74, 6) is 0.957. The number of aromatic nitrogens is 2. The summed E-state index contributed by atoms with van der Waals surface area (Å²) in [5, 5.41) is 27.5. The van der Waals surface area contributed by atoms with Gasteiger partial charge in [0.15, 0.2) is 0 Å². The fourth-order valence-electron chi connectivity index (χ4n) is 7.34. The van der Waals surface area contributed by atoms with Crippen LogP contribution in [0.25, 0.3) is 0 Å². The summed E-state index contributed by atoms with van der Waals surface area (Å²) in [6.45, 7) is 4.09. The molecule has 2 aliphatic carbocycles. The number of benzene rings is 2. The van der Waals surface area contributed by atoms with Gasteiger partial charge >= 0.3 is 0 Å². The number of nitriles is 1. The molecule has 2 aromatic carbocycles. The molecule has 0 unspecified atom stereocenters. The molecule has 3 N–H and O–H groups in total. The van der Waals surface area contributed by atoms with Crippen molar-refractivity contribution in [1.82, 2.24) is 31.0 Å². The number of aryl methyl sites for hydroxylation is 3. The molecule has 2 heterocycles. The van der Waals surface area contributed by atoms with Gasteiger partial charge in [-0.05, 0) is 91.5 Å². The van der Waals surface area contributed by atoms with Crippen molar-refractivity contribution in [2.24, 2.45) is 5.92 Å². The lowest BCUT2D eigenvalue weighted by Gasteiger charge is -2.36. The number of rotatable bonds is 9. The average molecular weight is 610 g/mol. The van der Waals surface area contributed by atoms with Crippen LogP contribution in [-0.2, 0) is 29.5 Å². The van der Waals surface area contributed by atoms with Crippen molar-refractivity contribution in [2.45, 2.75) is 75.9 Å². The molecule has 1 aromatic heterocycles. The van der Waals surface area contributed by atoms with Crippen LogP contribution < -0.4 is 16.0 Å². The summed E-state index contributed by atoms with van der Waals surface area (Å²) < 4.78 is 6.38. The van der Waals surface area contributed by atoms with Gasteiger partial charge in [0.1, 0.15) is 11.5 Å². The van der Waals surface area contributed by atoms with Gasteiger partial charge in [-0.1, -0.05) is 19.1 Å². The fraction of sp³-hybridized carbons (Fsp3) is 0.471. The predicted octanol–water partition coefficient (Wildman–Crippen LogP) is 2.67. The summed E-state index contributed by atoms with van der Waals surface area (Å²) in [7, 11) is 3.22. The number of piperidine rings is 1. The Kier molecular flexibility index (Phi) is 8.18. The SMILES string of the molecule is CCc1nnc(C2(C[C@@H](C)NCC(=O)N3[C@H](C#N)C[C@@H]4C[C@@H]43)c3ccc(C(=O)NC)cc3CCc3cc(C(=O)NC)ccc32)o1. The van der Waals surface area contributed by atoms with Gasteiger partial charge < -0.3 is 25.3 Å². The highest BCUT2D eigenvalue weighted by Crippen LogP contribution is 2.49. The fourth-order valence-corrected chi connectivity index (χ4v) is 7.34. The molecule has 3 aromatic rings. The monoisotopic (exact) mass is 609 g/mol. The van der Waals surface area contributed by atoms with E-state index in [-0.39, 0.29) is 42.4 Å². The summed E-state index contributed by atoms with van der Waals surface area (Å²) in [4.78, 5) is 40.5. The van der Waals surface area contributed by atoms with Crippen LogP contribution in [0.15, 0.2) is 40.8 Å². The Labute approximate surface area is 262 Å². The molecule has 45 heavy (non-hydrogen) atoms. The average Bonchev–Trinajstić information content (AvgIpc) is 3.50. The van der Waals surface area contributed by atoms with Gasteiger partial charge in [-0.2, -0.15) is 5.26 Å². The molecule has 2 fully saturated rings. The van der Waals surface area contributed by atoms with Crippen LogP contribution in [0.2, 0.25) is 0 Å². The van der Waals surface area contributed by atoms with Gasteiger partial charge in [-0.25, -0.2) is 0 Å². The zero-order chi connectivity index (χ0) is 31.9. The van der Waals surface area contributed by atoms with E-state index in [2.05, 4.69) is 32.2 Å². The molecule has 3 aliphatic rings. The van der Waals surface area contributed by atoms with Crippen LogP contribution in [0.4, 0.5) is 0 Å². The van der Waals surface area contributed by atoms with Crippen LogP contribution in [-0.4, -0.2) is 71.6 Å². The quantitative estimate of drug-likeness (QED) is 0.335. The second-order valence-corrected chi connectivity index (χ2v) is 12.4. The molecule has 0 radical (unpaired) electrons. The van der Waals surface area contributed by atoms with E-state index in [0.717, 1.165) is 35.1 Å². The van der Waals surface area contributed by atoms with Crippen molar-refractivity contribution in [1.29, 1.82) is 5.26 Å². The lowest BCUT2D eigenvalue weighted by Crippen LogP contribution is -2.46. The number of nitrogens with zero attached hydrogens (tertiary/aromatic N) is 4. The zero-order valence-corrected chi connectivity index (χ0v) is 26.1. The maximum absolute atomic E-state index is 13.3. The Morgan fingerprint density at radius 3 is 2.18 bits per heavy atom. The molecule has 1 saturated heterocycles. The Bertz CT molecular complexity index is 1620. The smallest absolute Gasteiger partial charge is 0.251 e. The molecular weight excluding hydrogens is 570 g/mol. The number of hydrogen-bond acceptors (Lipinski definition) is 8. The Morgan fingerprint density at radius 2 is 1.64 bits per heavy atom. The molecule has 234 valence electrons. The third-order valence-electron chi connectivity index (χ3n) is 9.66. The van der Waals surface area contributed by atoms with Crippen LogP contribution in [0.3, 0.4) is 0 Å². The minimum atomic E-state index is -0.941. The minimum Gasteiger partial charge on any atom is -0.424 e. The van der Waals surface area contributed by atoms with E-state index in [0.29, 0.717) is 54.5 Å². The van der Waals surface area contributed by atoms with E-state index in [4.69, 9.17) is 4.42 Å². The number of hydrogen-bond donors (Lipinski definition) is 3. The highest BCUT2D eigenvalue weighted by molar-refractivity contribution is 5.95. The number of likely N-dealkylation sites (tertiary alicyclic amines) is 1. The van der Waals surface area contributed by atoms with Gasteiger partial charge in [0.25, 0.3) is 11.8 Å². The normalized spacial score (nSPS) is 21.4. The molecule has 1 saturated carbocycles. The van der Waals surface area contributed by atoms with E-state index in [1.54, 1.807) is 19.0 Å². The highest BCUT2D eigenvalue weighted by atomic mass is 16.4. The molecule has 11 nitrogen and oxygen atoms in total. The van der Waals surface area contributed by atoms with E-state index in [1.807, 2.05) is 50.2 Å². The van der Waals surface area contributed by atoms with Crippen molar-refractivity contribution in [3.63, 3.8) is 0 Å². The first kappa shape index (κ1) is 30.5.